The SMILES string of the molecule is O=C1/C(=c2\sc3nc(-c4ccc(Cl)cc4Cl)nn3c2=O)c2cc(Br)ccc2N1Cc1ccccc1F. The fourth-order valence-corrected chi connectivity index (χ4v) is 6.00. The van der Waals surface area contributed by atoms with Crippen LogP contribution in [0.2, 0.25) is 10.0 Å². The van der Waals surface area contributed by atoms with E-state index < -0.39 is 17.3 Å². The molecule has 0 spiro atoms. The van der Waals surface area contributed by atoms with Crippen LogP contribution in [0.25, 0.3) is 21.9 Å². The Morgan fingerprint density at radius 3 is 2.56 bits per heavy atom. The molecular weight excluding hydrogens is 590 g/mol. The van der Waals surface area contributed by atoms with Gasteiger partial charge in [0, 0.05) is 26.2 Å². The van der Waals surface area contributed by atoms with E-state index in [9.17, 15) is 14.0 Å². The number of fused-ring (bicyclic) bond motifs is 2. The number of thiazole rings is 1. The molecule has 0 saturated carbocycles. The molecule has 36 heavy (non-hydrogen) atoms. The van der Waals surface area contributed by atoms with E-state index >= 15 is 0 Å². The Morgan fingerprint density at radius 1 is 1.00 bits per heavy atom. The van der Waals surface area contributed by atoms with Gasteiger partial charge in [-0.15, -0.1) is 5.10 Å². The van der Waals surface area contributed by atoms with Gasteiger partial charge in [-0.3, -0.25) is 9.59 Å². The lowest BCUT2D eigenvalue weighted by molar-refractivity contribution is -0.113. The average molecular weight is 602 g/mol. The minimum Gasteiger partial charge on any atom is -0.303 e. The van der Waals surface area contributed by atoms with Crippen LogP contribution in [0.15, 0.2) is 69.9 Å². The fourth-order valence-electron chi connectivity index (χ4n) is 4.15. The van der Waals surface area contributed by atoms with Gasteiger partial charge in [-0.2, -0.15) is 9.50 Å². The summed E-state index contributed by atoms with van der Waals surface area (Å²) in [7, 11) is 0. The van der Waals surface area contributed by atoms with E-state index in [2.05, 4.69) is 26.0 Å². The molecule has 11 heteroatoms. The number of carbonyl (C=O) groups is 1. The third-order valence-electron chi connectivity index (χ3n) is 5.82. The van der Waals surface area contributed by atoms with Gasteiger partial charge in [0.1, 0.15) is 10.3 Å². The molecule has 5 aromatic rings. The molecule has 1 aliphatic rings. The summed E-state index contributed by atoms with van der Waals surface area (Å²) >= 11 is 16.8. The first-order valence-electron chi connectivity index (χ1n) is 10.6. The summed E-state index contributed by atoms with van der Waals surface area (Å²) in [6.45, 7) is 0.0256. The average Bonchev–Trinajstić information content (AvgIpc) is 3.46. The van der Waals surface area contributed by atoms with Gasteiger partial charge in [0.2, 0.25) is 4.96 Å². The highest BCUT2D eigenvalue weighted by atomic mass is 79.9. The van der Waals surface area contributed by atoms with Gasteiger partial charge in [-0.05, 0) is 42.5 Å². The van der Waals surface area contributed by atoms with Crippen LogP contribution in [0.3, 0.4) is 0 Å². The van der Waals surface area contributed by atoms with E-state index in [1.807, 2.05) is 0 Å². The Morgan fingerprint density at radius 2 is 1.81 bits per heavy atom. The minimum atomic E-state index is -0.471. The van der Waals surface area contributed by atoms with E-state index in [0.29, 0.717) is 37.4 Å². The quantitative estimate of drug-likeness (QED) is 0.274. The van der Waals surface area contributed by atoms with Gasteiger partial charge in [-0.25, -0.2) is 4.39 Å². The predicted molar refractivity (Wildman–Crippen MR) is 142 cm³/mol. The first-order chi connectivity index (χ1) is 17.3. The molecule has 178 valence electrons. The lowest BCUT2D eigenvalue weighted by Crippen LogP contribution is -2.32. The van der Waals surface area contributed by atoms with Crippen molar-refractivity contribution in [2.24, 2.45) is 0 Å². The number of halogens is 4. The van der Waals surface area contributed by atoms with Crippen molar-refractivity contribution in [3.63, 3.8) is 0 Å². The van der Waals surface area contributed by atoms with Crippen molar-refractivity contribution in [3.8, 4) is 11.4 Å². The second kappa shape index (κ2) is 8.77. The van der Waals surface area contributed by atoms with Crippen LogP contribution in [0.4, 0.5) is 10.1 Å². The summed E-state index contributed by atoms with van der Waals surface area (Å²) in [5.74, 6) is -0.526. The molecule has 6 rings (SSSR count). The number of benzene rings is 3. The maximum absolute atomic E-state index is 14.4. The van der Waals surface area contributed by atoms with Crippen LogP contribution in [0.1, 0.15) is 11.1 Å². The molecule has 0 saturated heterocycles. The second-order valence-corrected chi connectivity index (χ2v) is 10.7. The van der Waals surface area contributed by atoms with E-state index in [-0.39, 0.29) is 22.5 Å². The van der Waals surface area contributed by atoms with Crippen LogP contribution in [-0.4, -0.2) is 20.5 Å². The second-order valence-electron chi connectivity index (χ2n) is 8.01. The van der Waals surface area contributed by atoms with Crippen molar-refractivity contribution < 1.29 is 9.18 Å². The maximum atomic E-state index is 14.4. The Hall–Kier alpha value is -3.11. The third-order valence-corrected chi connectivity index (χ3v) is 7.89. The van der Waals surface area contributed by atoms with Gasteiger partial charge in [0.05, 0.1) is 22.8 Å². The highest BCUT2D eigenvalue weighted by molar-refractivity contribution is 9.10. The Labute approximate surface area is 225 Å². The summed E-state index contributed by atoms with van der Waals surface area (Å²) in [5, 5.41) is 5.17. The molecule has 0 atom stereocenters. The van der Waals surface area contributed by atoms with Crippen LogP contribution < -0.4 is 15.0 Å². The van der Waals surface area contributed by atoms with Crippen molar-refractivity contribution in [1.82, 2.24) is 14.6 Å². The lowest BCUT2D eigenvalue weighted by atomic mass is 10.1. The van der Waals surface area contributed by atoms with E-state index in [0.717, 1.165) is 20.3 Å². The smallest absolute Gasteiger partial charge is 0.291 e. The zero-order chi connectivity index (χ0) is 25.1. The van der Waals surface area contributed by atoms with Crippen LogP contribution in [-0.2, 0) is 11.3 Å². The molecule has 3 aromatic carbocycles. The highest BCUT2D eigenvalue weighted by Crippen LogP contribution is 2.38. The summed E-state index contributed by atoms with van der Waals surface area (Å²) in [6, 6.07) is 16.5. The number of amides is 1. The number of nitrogens with zero attached hydrogens (tertiary/aromatic N) is 4. The fraction of sp³-hybridized carbons (Fsp3) is 0.0400. The summed E-state index contributed by atoms with van der Waals surface area (Å²) in [6.07, 6.45) is 0. The van der Waals surface area contributed by atoms with Gasteiger partial charge in [0.25, 0.3) is 11.5 Å². The minimum absolute atomic E-state index is 0.0256. The summed E-state index contributed by atoms with van der Waals surface area (Å²) in [5.41, 5.74) is 1.84. The molecular formula is C25H12BrCl2FN4O2S. The van der Waals surface area contributed by atoms with E-state index in [1.165, 1.54) is 11.0 Å². The van der Waals surface area contributed by atoms with Crippen molar-refractivity contribution in [2.75, 3.05) is 4.90 Å². The van der Waals surface area contributed by atoms with Crippen LogP contribution in [0.5, 0.6) is 0 Å². The van der Waals surface area contributed by atoms with Crippen LogP contribution >= 0.6 is 50.5 Å². The molecule has 1 aliphatic heterocycles. The van der Waals surface area contributed by atoms with Gasteiger partial charge >= 0.3 is 0 Å². The highest BCUT2D eigenvalue weighted by Gasteiger charge is 2.35. The molecule has 0 aliphatic carbocycles. The maximum Gasteiger partial charge on any atom is 0.291 e. The Kier molecular flexibility index (Phi) is 5.68. The molecule has 0 fully saturated rings. The zero-order valence-electron chi connectivity index (χ0n) is 18.0. The van der Waals surface area contributed by atoms with Crippen molar-refractivity contribution in [3.05, 3.63) is 107 Å². The number of hydrogen-bond donors (Lipinski definition) is 0. The first kappa shape index (κ1) is 23.3. The molecule has 1 amide bonds. The van der Waals surface area contributed by atoms with Crippen molar-refractivity contribution >= 4 is 72.6 Å². The lowest BCUT2D eigenvalue weighted by Gasteiger charge is -2.17. The topological polar surface area (TPSA) is 67.6 Å². The van der Waals surface area contributed by atoms with Crippen molar-refractivity contribution in [2.45, 2.75) is 6.54 Å². The molecule has 3 heterocycles. The van der Waals surface area contributed by atoms with E-state index in [4.69, 9.17) is 23.2 Å². The Bertz CT molecular complexity index is 1840. The normalized spacial score (nSPS) is 14.7. The zero-order valence-corrected chi connectivity index (χ0v) is 21.9. The molecule has 6 nitrogen and oxygen atoms in total. The Balaban J connectivity index is 1.52. The number of hydrogen-bond acceptors (Lipinski definition) is 5. The molecule has 0 radical (unpaired) electrons. The van der Waals surface area contributed by atoms with Gasteiger partial charge in [0.15, 0.2) is 5.82 Å². The third kappa shape index (κ3) is 3.74. The first-order valence-corrected chi connectivity index (χ1v) is 12.9. The number of aromatic nitrogens is 3. The van der Waals surface area contributed by atoms with Gasteiger partial charge < -0.3 is 4.90 Å². The molecule has 0 bridgehead atoms. The predicted octanol–water partition coefficient (Wildman–Crippen LogP) is 5.49. The molecule has 2 aromatic heterocycles. The van der Waals surface area contributed by atoms with E-state index in [1.54, 1.807) is 54.6 Å². The summed E-state index contributed by atoms with van der Waals surface area (Å²) in [4.78, 5) is 33.3. The number of anilines is 1. The number of rotatable bonds is 3. The van der Waals surface area contributed by atoms with Crippen LogP contribution in [0, 0.1) is 5.82 Å². The molecule has 0 N–H and O–H groups in total. The van der Waals surface area contributed by atoms with Gasteiger partial charge in [-0.1, -0.05) is 68.7 Å². The van der Waals surface area contributed by atoms with Crippen molar-refractivity contribution in [1.29, 1.82) is 0 Å². The molecule has 0 unspecified atom stereocenters. The standard InChI is InChI=1S/C25H12BrCl2FN4O2S/c26-13-5-8-19-16(9-13)20(23(34)32(19)11-12-3-1-2-4-18(12)29)21-24(35)33-25(36-21)30-22(31-33)15-7-6-14(27)10-17(15)28/h1-10H,11H2/b21-20-. The monoisotopic (exact) mass is 600 g/mol. The summed E-state index contributed by atoms with van der Waals surface area (Å²) < 4.78 is 16.5. The largest absolute Gasteiger partial charge is 0.303 e. The number of carbonyl (C=O) groups excluding carboxylic acids is 1.